The largest absolute Gasteiger partial charge is 0.389 e. The molecule has 1 aliphatic heterocycles. The van der Waals surface area contributed by atoms with Gasteiger partial charge in [0.25, 0.3) is 0 Å². The summed E-state index contributed by atoms with van der Waals surface area (Å²) in [5.41, 5.74) is 7.02. The maximum absolute atomic E-state index is 12.2. The zero-order valence-corrected chi connectivity index (χ0v) is 13.0. The van der Waals surface area contributed by atoms with Crippen molar-refractivity contribution in [3.05, 3.63) is 29.8 Å². The number of carbonyl (C=O) groups is 1. The Hall–Kier alpha value is -1.50. The molecule has 1 heterocycles. The van der Waals surface area contributed by atoms with E-state index >= 15 is 0 Å². The number of nitrogens with two attached hydrogens (primary N) is 1. The van der Waals surface area contributed by atoms with Crippen molar-refractivity contribution in [3.63, 3.8) is 0 Å². The minimum Gasteiger partial charge on any atom is -0.389 e. The highest BCUT2D eigenvalue weighted by atomic mass is 32.1. The van der Waals surface area contributed by atoms with Crippen LogP contribution >= 0.6 is 12.2 Å². The number of hydrogen-bond acceptors (Lipinski definition) is 4. The summed E-state index contributed by atoms with van der Waals surface area (Å²) in [6, 6.07) is 7.30. The molecule has 6 heteroatoms. The quantitative estimate of drug-likeness (QED) is 0.804. The number of amides is 1. The highest BCUT2D eigenvalue weighted by Gasteiger charge is 2.21. The molecule has 1 aromatic carbocycles. The molecule has 1 atom stereocenters. The third-order valence-corrected chi connectivity index (χ3v) is 3.73. The molecule has 0 spiro atoms. The van der Waals surface area contributed by atoms with Gasteiger partial charge in [0.2, 0.25) is 5.91 Å². The van der Waals surface area contributed by atoms with Crippen molar-refractivity contribution in [2.45, 2.75) is 19.4 Å². The number of rotatable bonds is 5. The number of nitrogens with one attached hydrogen (secondary N) is 1. The Morgan fingerprint density at radius 3 is 3.00 bits per heavy atom. The molecule has 1 aliphatic rings. The van der Waals surface area contributed by atoms with E-state index in [0.717, 1.165) is 19.5 Å². The first-order valence-corrected chi connectivity index (χ1v) is 7.53. The number of benzene rings is 1. The van der Waals surface area contributed by atoms with Crippen molar-refractivity contribution in [2.75, 3.05) is 31.6 Å². The van der Waals surface area contributed by atoms with Crippen LogP contribution in [-0.2, 0) is 9.53 Å². The number of nitrogens with zero attached hydrogens (tertiary/aromatic N) is 1. The summed E-state index contributed by atoms with van der Waals surface area (Å²) in [4.78, 5) is 14.6. The summed E-state index contributed by atoms with van der Waals surface area (Å²) in [7, 11) is 0. The van der Waals surface area contributed by atoms with Crippen molar-refractivity contribution in [2.24, 2.45) is 5.73 Å². The number of ether oxygens (including phenoxy) is 1. The van der Waals surface area contributed by atoms with Crippen LogP contribution in [-0.4, -0.2) is 48.1 Å². The van der Waals surface area contributed by atoms with Crippen molar-refractivity contribution in [3.8, 4) is 0 Å². The third-order valence-electron chi connectivity index (χ3n) is 3.51. The smallest absolute Gasteiger partial charge is 0.238 e. The summed E-state index contributed by atoms with van der Waals surface area (Å²) in [5.74, 6) is -0.0598. The fourth-order valence-corrected chi connectivity index (χ4v) is 2.55. The Balaban J connectivity index is 1.94. The first kappa shape index (κ1) is 15.9. The van der Waals surface area contributed by atoms with Gasteiger partial charge in [0.05, 0.1) is 24.9 Å². The summed E-state index contributed by atoms with van der Waals surface area (Å²) in [6.07, 6.45) is 1.18. The van der Waals surface area contributed by atoms with Gasteiger partial charge in [0, 0.05) is 18.7 Å². The van der Waals surface area contributed by atoms with E-state index in [9.17, 15) is 4.79 Å². The molecule has 1 amide bonds. The highest BCUT2D eigenvalue weighted by Crippen LogP contribution is 2.15. The molecule has 1 unspecified atom stereocenters. The van der Waals surface area contributed by atoms with Crippen LogP contribution in [0.3, 0.4) is 0 Å². The lowest BCUT2D eigenvalue weighted by Gasteiger charge is -2.31. The molecule has 0 aromatic heterocycles. The number of para-hydroxylation sites is 1. The molecule has 0 radical (unpaired) electrons. The molecule has 0 aliphatic carbocycles. The number of carbonyl (C=O) groups excluding carboxylic acids is 1. The van der Waals surface area contributed by atoms with Crippen LogP contribution in [0.15, 0.2) is 24.3 Å². The Morgan fingerprint density at radius 2 is 2.29 bits per heavy atom. The predicted molar refractivity (Wildman–Crippen MR) is 87.4 cm³/mol. The van der Waals surface area contributed by atoms with Gasteiger partial charge in [0.1, 0.15) is 4.99 Å². The van der Waals surface area contributed by atoms with Crippen LogP contribution in [0.2, 0.25) is 0 Å². The van der Waals surface area contributed by atoms with E-state index < -0.39 is 0 Å². The third kappa shape index (κ3) is 4.49. The van der Waals surface area contributed by atoms with E-state index in [0.29, 0.717) is 24.4 Å². The molecule has 114 valence electrons. The van der Waals surface area contributed by atoms with E-state index in [1.54, 1.807) is 12.1 Å². The topological polar surface area (TPSA) is 67.6 Å². The summed E-state index contributed by atoms with van der Waals surface area (Å²) in [5, 5.41) is 2.88. The lowest BCUT2D eigenvalue weighted by atomic mass is 10.1. The van der Waals surface area contributed by atoms with E-state index in [2.05, 4.69) is 17.1 Å². The van der Waals surface area contributed by atoms with E-state index in [1.807, 2.05) is 12.1 Å². The second kappa shape index (κ2) is 7.49. The predicted octanol–water partition coefficient (Wildman–Crippen LogP) is 1.37. The van der Waals surface area contributed by atoms with E-state index in [-0.39, 0.29) is 17.0 Å². The minimum atomic E-state index is -0.0598. The second-order valence-electron chi connectivity index (χ2n) is 5.09. The maximum atomic E-state index is 12.2. The lowest BCUT2D eigenvalue weighted by Crippen LogP contribution is -2.45. The lowest BCUT2D eigenvalue weighted by molar-refractivity contribution is -0.119. The highest BCUT2D eigenvalue weighted by molar-refractivity contribution is 7.80. The Kier molecular flexibility index (Phi) is 5.67. The van der Waals surface area contributed by atoms with Gasteiger partial charge in [-0.3, -0.25) is 9.69 Å². The van der Waals surface area contributed by atoms with Gasteiger partial charge in [-0.2, -0.15) is 0 Å². The van der Waals surface area contributed by atoms with Crippen LogP contribution < -0.4 is 11.1 Å². The van der Waals surface area contributed by atoms with Crippen LogP contribution in [0.4, 0.5) is 5.69 Å². The van der Waals surface area contributed by atoms with Crippen molar-refractivity contribution >= 4 is 28.8 Å². The van der Waals surface area contributed by atoms with Crippen LogP contribution in [0.25, 0.3) is 0 Å². The average Bonchev–Trinajstić information content (AvgIpc) is 2.47. The molecule has 2 rings (SSSR count). The molecular weight excluding hydrogens is 286 g/mol. The van der Waals surface area contributed by atoms with Gasteiger partial charge >= 0.3 is 0 Å². The fourth-order valence-electron chi connectivity index (χ4n) is 2.37. The Morgan fingerprint density at radius 1 is 1.52 bits per heavy atom. The van der Waals surface area contributed by atoms with E-state index in [4.69, 9.17) is 22.7 Å². The van der Waals surface area contributed by atoms with Gasteiger partial charge in [-0.1, -0.05) is 31.3 Å². The van der Waals surface area contributed by atoms with Crippen LogP contribution in [0.5, 0.6) is 0 Å². The van der Waals surface area contributed by atoms with Gasteiger partial charge in [0.15, 0.2) is 0 Å². The van der Waals surface area contributed by atoms with Gasteiger partial charge < -0.3 is 15.8 Å². The monoisotopic (exact) mass is 307 g/mol. The molecule has 0 bridgehead atoms. The van der Waals surface area contributed by atoms with Crippen molar-refractivity contribution in [1.29, 1.82) is 0 Å². The van der Waals surface area contributed by atoms with E-state index in [1.165, 1.54) is 0 Å². The summed E-state index contributed by atoms with van der Waals surface area (Å²) >= 11 is 4.99. The number of thiocarbonyl (C=S) groups is 1. The number of hydrogen-bond donors (Lipinski definition) is 2. The second-order valence-corrected chi connectivity index (χ2v) is 5.53. The normalized spacial score (nSPS) is 19.2. The number of morpholine rings is 1. The molecule has 0 saturated carbocycles. The maximum Gasteiger partial charge on any atom is 0.238 e. The van der Waals surface area contributed by atoms with Crippen molar-refractivity contribution < 1.29 is 9.53 Å². The molecule has 1 fully saturated rings. The van der Waals surface area contributed by atoms with Gasteiger partial charge in [-0.15, -0.1) is 0 Å². The first-order chi connectivity index (χ1) is 10.1. The summed E-state index contributed by atoms with van der Waals surface area (Å²) < 4.78 is 5.60. The van der Waals surface area contributed by atoms with Crippen molar-refractivity contribution in [1.82, 2.24) is 4.90 Å². The zero-order valence-electron chi connectivity index (χ0n) is 12.2. The zero-order chi connectivity index (χ0) is 15.2. The van der Waals surface area contributed by atoms with Crippen LogP contribution in [0.1, 0.15) is 18.9 Å². The minimum absolute atomic E-state index is 0.0598. The first-order valence-electron chi connectivity index (χ1n) is 7.12. The molecule has 1 aromatic rings. The molecule has 3 N–H and O–H groups in total. The fraction of sp³-hybridized carbons (Fsp3) is 0.467. The average molecular weight is 307 g/mol. The van der Waals surface area contributed by atoms with Gasteiger partial charge in [-0.05, 0) is 18.6 Å². The SMILES string of the molecule is CCC1CN(CC(=O)Nc2ccccc2C(N)=S)CCO1. The van der Waals surface area contributed by atoms with Crippen LogP contribution in [0, 0.1) is 0 Å². The molecule has 21 heavy (non-hydrogen) atoms. The standard InChI is InChI=1S/C15H21N3O2S/c1-2-11-9-18(7-8-20-11)10-14(19)17-13-6-4-3-5-12(13)15(16)21/h3-6,11H,2,7-10H2,1H3,(H2,16,21)(H,17,19). The molecule has 5 nitrogen and oxygen atoms in total. The molecular formula is C15H21N3O2S. The van der Waals surface area contributed by atoms with Gasteiger partial charge in [-0.25, -0.2) is 0 Å². The summed E-state index contributed by atoms with van der Waals surface area (Å²) in [6.45, 7) is 4.69. The Labute approximate surface area is 130 Å². The number of anilines is 1. The molecule has 1 saturated heterocycles. The Bertz CT molecular complexity index is 521.